The van der Waals surface area contributed by atoms with Crippen molar-refractivity contribution in [1.29, 1.82) is 0 Å². The molecule has 2 saturated heterocycles. The SMILES string of the molecule is O=C(NCc1cccc(C(=O)NCCO)c1)C1=CC2OC(C3CC3)(C3CC3)OC2C(OC(=O)c2ccccc2C=CCOC2OC(CO)C(O)C(O)C2O)C1. The number of ether oxygens (including phenoxy) is 5. The van der Waals surface area contributed by atoms with Gasteiger partial charge in [0, 0.05) is 42.5 Å². The molecule has 8 atom stereocenters. The van der Waals surface area contributed by atoms with Crippen LogP contribution in [0, 0.1) is 11.8 Å². The van der Waals surface area contributed by atoms with E-state index in [1.54, 1.807) is 66.8 Å². The average Bonchev–Trinajstić information content (AvgIpc) is 4.15. The molecule has 4 fully saturated rings. The van der Waals surface area contributed by atoms with Crippen molar-refractivity contribution < 1.29 is 63.6 Å². The molecule has 0 radical (unpaired) electrons. The Kier molecular flexibility index (Phi) is 12.1. The molecule has 296 valence electrons. The topological polar surface area (TPSA) is 223 Å². The summed E-state index contributed by atoms with van der Waals surface area (Å²) >= 11 is 0. The minimum absolute atomic E-state index is 0.0854. The molecule has 55 heavy (non-hydrogen) atoms. The number of hydrogen-bond donors (Lipinski definition) is 7. The lowest BCUT2D eigenvalue weighted by atomic mass is 9.91. The maximum Gasteiger partial charge on any atom is 0.339 e. The van der Waals surface area contributed by atoms with E-state index < -0.39 is 67.4 Å². The summed E-state index contributed by atoms with van der Waals surface area (Å²) in [6.07, 6.45) is -0.0947. The number of amides is 2. The highest BCUT2D eigenvalue weighted by Crippen LogP contribution is 2.59. The van der Waals surface area contributed by atoms with Crippen molar-refractivity contribution in [3.8, 4) is 0 Å². The highest BCUT2D eigenvalue weighted by atomic mass is 16.8. The number of nitrogens with one attached hydrogen (secondary N) is 2. The summed E-state index contributed by atoms with van der Waals surface area (Å²) in [5, 5.41) is 54.3. The molecule has 2 aromatic carbocycles. The summed E-state index contributed by atoms with van der Waals surface area (Å²) in [6, 6.07) is 13.6. The summed E-state index contributed by atoms with van der Waals surface area (Å²) < 4.78 is 30.5. The minimum Gasteiger partial charge on any atom is -0.456 e. The van der Waals surface area contributed by atoms with E-state index in [0.29, 0.717) is 22.3 Å². The zero-order chi connectivity index (χ0) is 38.7. The van der Waals surface area contributed by atoms with Gasteiger partial charge in [0.25, 0.3) is 5.91 Å². The summed E-state index contributed by atoms with van der Waals surface area (Å²) in [5.41, 5.74) is 2.25. The lowest BCUT2D eigenvalue weighted by molar-refractivity contribution is -0.298. The molecule has 2 heterocycles. The molecule has 2 saturated carbocycles. The Morgan fingerprint density at radius 1 is 0.891 bits per heavy atom. The van der Waals surface area contributed by atoms with Crippen molar-refractivity contribution in [2.24, 2.45) is 11.8 Å². The van der Waals surface area contributed by atoms with Crippen LogP contribution in [0.4, 0.5) is 0 Å². The summed E-state index contributed by atoms with van der Waals surface area (Å²) in [6.45, 7) is -0.590. The molecule has 3 aliphatic carbocycles. The van der Waals surface area contributed by atoms with Crippen LogP contribution in [0.15, 0.2) is 66.3 Å². The average molecular weight is 765 g/mol. The number of aliphatic hydroxyl groups excluding tert-OH is 5. The van der Waals surface area contributed by atoms with Gasteiger partial charge >= 0.3 is 5.97 Å². The second-order valence-electron chi connectivity index (χ2n) is 14.7. The van der Waals surface area contributed by atoms with Crippen molar-refractivity contribution in [1.82, 2.24) is 10.6 Å². The van der Waals surface area contributed by atoms with Crippen molar-refractivity contribution >= 4 is 23.9 Å². The van der Waals surface area contributed by atoms with Gasteiger partial charge in [-0.05, 0) is 61.1 Å². The van der Waals surface area contributed by atoms with Crippen LogP contribution in [0.25, 0.3) is 6.08 Å². The Hall–Kier alpha value is -4.03. The third-order valence-corrected chi connectivity index (χ3v) is 10.7. The normalized spacial score (nSPS) is 30.0. The molecule has 7 rings (SSSR count). The fourth-order valence-electron chi connectivity index (χ4n) is 7.52. The molecule has 7 N–H and O–H groups in total. The smallest absolute Gasteiger partial charge is 0.339 e. The van der Waals surface area contributed by atoms with Crippen LogP contribution >= 0.6 is 0 Å². The Morgan fingerprint density at radius 2 is 1.65 bits per heavy atom. The third-order valence-electron chi connectivity index (χ3n) is 10.7. The molecule has 2 aliphatic heterocycles. The van der Waals surface area contributed by atoms with E-state index in [9.17, 15) is 34.8 Å². The van der Waals surface area contributed by atoms with Crippen molar-refractivity contribution in [2.75, 3.05) is 26.4 Å². The first kappa shape index (κ1) is 39.2. The third kappa shape index (κ3) is 8.70. The van der Waals surface area contributed by atoms with Gasteiger partial charge in [-0.15, -0.1) is 0 Å². The summed E-state index contributed by atoms with van der Waals surface area (Å²) in [7, 11) is 0. The zero-order valence-electron chi connectivity index (χ0n) is 30.2. The standard InChI is InChI=1S/C40H48N2O13/c43-15-14-41-36(48)24-7-3-5-22(17-24)20-42-37(49)25-18-29(35-30(19-25)54-40(55-35,26-10-11-26)27-12-13-27)52-38(50)28-9-2-1-6-23(28)8-4-16-51-39-34(47)33(46)32(45)31(21-44)53-39/h1-9,17,19,26-27,29-35,39,43-47H,10-16,18,20-21H2,(H,41,48)(H,42,49). The van der Waals surface area contributed by atoms with Gasteiger partial charge in [-0.25, -0.2) is 4.79 Å². The van der Waals surface area contributed by atoms with Crippen molar-refractivity contribution in [2.45, 2.75) is 93.5 Å². The molecule has 8 unspecified atom stereocenters. The number of carbonyl (C=O) groups excluding carboxylic acids is 3. The number of hydrogen-bond acceptors (Lipinski definition) is 13. The predicted molar refractivity (Wildman–Crippen MR) is 193 cm³/mol. The Balaban J connectivity index is 1.04. The van der Waals surface area contributed by atoms with Gasteiger partial charge in [0.15, 0.2) is 12.1 Å². The van der Waals surface area contributed by atoms with Crippen LogP contribution in [0.2, 0.25) is 0 Å². The van der Waals surface area contributed by atoms with E-state index >= 15 is 0 Å². The molecule has 5 aliphatic rings. The lowest BCUT2D eigenvalue weighted by Gasteiger charge is -2.39. The zero-order valence-corrected chi connectivity index (χ0v) is 30.2. The lowest BCUT2D eigenvalue weighted by Crippen LogP contribution is -2.59. The van der Waals surface area contributed by atoms with Crippen molar-refractivity contribution in [3.63, 3.8) is 0 Å². The number of carbonyl (C=O) groups is 3. The Bertz CT molecular complexity index is 1760. The molecular formula is C40H48N2O13. The van der Waals surface area contributed by atoms with Gasteiger partial charge in [0.05, 0.1) is 25.4 Å². The molecule has 15 nitrogen and oxygen atoms in total. The van der Waals surface area contributed by atoms with E-state index in [0.717, 1.165) is 25.7 Å². The number of benzene rings is 2. The maximum absolute atomic E-state index is 13.9. The quantitative estimate of drug-likeness (QED) is 0.124. The highest BCUT2D eigenvalue weighted by molar-refractivity contribution is 5.96. The molecular weight excluding hydrogens is 716 g/mol. The van der Waals surface area contributed by atoms with Gasteiger partial charge in [-0.2, -0.15) is 0 Å². The van der Waals surface area contributed by atoms with Crippen LogP contribution in [0.3, 0.4) is 0 Å². The van der Waals surface area contributed by atoms with E-state index in [1.165, 1.54) is 0 Å². The van der Waals surface area contributed by atoms with Crippen LogP contribution in [0.5, 0.6) is 0 Å². The largest absolute Gasteiger partial charge is 0.456 e. The highest BCUT2D eigenvalue weighted by Gasteiger charge is 2.64. The first-order valence-electron chi connectivity index (χ1n) is 18.8. The van der Waals surface area contributed by atoms with E-state index in [4.69, 9.17) is 28.8 Å². The van der Waals surface area contributed by atoms with E-state index in [2.05, 4.69) is 10.6 Å². The fourth-order valence-corrected chi connectivity index (χ4v) is 7.52. The molecule has 0 aromatic heterocycles. The van der Waals surface area contributed by atoms with Gasteiger partial charge < -0.3 is 59.9 Å². The monoisotopic (exact) mass is 764 g/mol. The number of esters is 1. The van der Waals surface area contributed by atoms with Crippen molar-refractivity contribution in [3.05, 3.63) is 88.5 Å². The summed E-state index contributed by atoms with van der Waals surface area (Å²) in [5.74, 6) is -1.62. The molecule has 15 heteroatoms. The second kappa shape index (κ2) is 17.0. The first-order valence-corrected chi connectivity index (χ1v) is 18.8. The molecule has 0 bridgehead atoms. The van der Waals surface area contributed by atoms with Crippen LogP contribution in [-0.2, 0) is 35.0 Å². The molecule has 0 spiro atoms. The minimum atomic E-state index is -1.57. The maximum atomic E-state index is 13.9. The van der Waals surface area contributed by atoms with Crippen LogP contribution in [0.1, 0.15) is 63.9 Å². The van der Waals surface area contributed by atoms with Gasteiger partial charge in [0.2, 0.25) is 5.91 Å². The number of fused-ring (bicyclic) bond motifs is 1. The Labute approximate surface area is 317 Å². The predicted octanol–water partition coefficient (Wildman–Crippen LogP) is 0.711. The van der Waals surface area contributed by atoms with Gasteiger partial charge in [0.1, 0.15) is 42.7 Å². The summed E-state index contributed by atoms with van der Waals surface area (Å²) in [4.78, 5) is 40.0. The number of rotatable bonds is 15. The first-order chi connectivity index (χ1) is 26.6. The van der Waals surface area contributed by atoms with Gasteiger partial charge in [-0.1, -0.05) is 42.5 Å². The number of aliphatic hydroxyl groups is 5. The van der Waals surface area contributed by atoms with Crippen LogP contribution in [-0.4, -0.2) is 124 Å². The van der Waals surface area contributed by atoms with Crippen LogP contribution < -0.4 is 10.6 Å². The molecule has 2 aromatic rings. The van der Waals surface area contributed by atoms with Gasteiger partial charge in [-0.3, -0.25) is 9.59 Å². The van der Waals surface area contributed by atoms with E-state index in [-0.39, 0.29) is 61.9 Å². The fraction of sp³-hybridized carbons (Fsp3) is 0.525. The molecule has 2 amide bonds. The van der Waals surface area contributed by atoms with E-state index in [1.807, 2.05) is 0 Å². The Morgan fingerprint density at radius 3 is 2.38 bits per heavy atom. The second-order valence-corrected chi connectivity index (χ2v) is 14.7.